The van der Waals surface area contributed by atoms with Crippen LogP contribution in [0.15, 0.2) is 85.1 Å². The van der Waals surface area contributed by atoms with Gasteiger partial charge in [-0.25, -0.2) is 0 Å². The van der Waals surface area contributed by atoms with Gasteiger partial charge < -0.3 is 30.5 Å². The van der Waals surface area contributed by atoms with E-state index in [-0.39, 0.29) is 17.7 Å². The lowest BCUT2D eigenvalue weighted by Gasteiger charge is -2.31. The van der Waals surface area contributed by atoms with E-state index in [9.17, 15) is 23.1 Å². The molecule has 4 aromatic rings. The summed E-state index contributed by atoms with van der Waals surface area (Å²) in [6.07, 6.45) is -1.64. The van der Waals surface area contributed by atoms with Crippen LogP contribution in [0.1, 0.15) is 28.9 Å². The van der Waals surface area contributed by atoms with Gasteiger partial charge in [-0.1, -0.05) is 0 Å². The average Bonchev–Trinajstić information content (AvgIpc) is 3.37. The van der Waals surface area contributed by atoms with Gasteiger partial charge in [0.15, 0.2) is 0 Å². The van der Waals surface area contributed by atoms with Crippen LogP contribution in [0.2, 0.25) is 0 Å². The molecule has 0 unspecified atom stereocenters. The highest BCUT2D eigenvalue weighted by Gasteiger charge is 2.34. The third kappa shape index (κ3) is 6.40. The predicted molar refractivity (Wildman–Crippen MR) is 152 cm³/mol. The van der Waals surface area contributed by atoms with Gasteiger partial charge in [-0.3, -0.25) is 4.79 Å². The van der Waals surface area contributed by atoms with E-state index in [2.05, 4.69) is 20.9 Å². The lowest BCUT2D eigenvalue weighted by molar-refractivity contribution is -0.136. The highest BCUT2D eigenvalue weighted by atomic mass is 19.4. The number of benzene rings is 3. The molecule has 208 valence electrons. The van der Waals surface area contributed by atoms with Gasteiger partial charge in [0.2, 0.25) is 0 Å². The Morgan fingerprint density at radius 3 is 2.08 bits per heavy atom. The molecule has 0 radical (unpaired) electrons. The van der Waals surface area contributed by atoms with Crippen LogP contribution in [-0.4, -0.2) is 34.8 Å². The SMILES string of the molecule is Cn1cccc1C(=O)Nc1ccc(Nc2ccc(Nc3ccc(N4CCC(O)CC4)cc3)cc2C(F)(F)F)cc1. The summed E-state index contributed by atoms with van der Waals surface area (Å²) < 4.78 is 43.7. The molecule has 0 saturated carbocycles. The van der Waals surface area contributed by atoms with Crippen molar-refractivity contribution in [2.75, 3.05) is 33.9 Å². The first-order chi connectivity index (χ1) is 19.2. The second kappa shape index (κ2) is 11.4. The Balaban J connectivity index is 1.26. The third-order valence-corrected chi connectivity index (χ3v) is 6.91. The molecule has 40 heavy (non-hydrogen) atoms. The second-order valence-corrected chi connectivity index (χ2v) is 9.81. The molecule has 1 aliphatic rings. The number of aromatic nitrogens is 1. The smallest absolute Gasteiger partial charge is 0.393 e. The molecule has 3 aromatic carbocycles. The molecular weight excluding hydrogens is 519 g/mol. The van der Waals surface area contributed by atoms with Crippen LogP contribution in [0.5, 0.6) is 0 Å². The Labute approximate surface area is 230 Å². The van der Waals surface area contributed by atoms with Gasteiger partial charge in [-0.05, 0) is 91.7 Å². The van der Waals surface area contributed by atoms with Crippen LogP contribution >= 0.6 is 0 Å². The van der Waals surface area contributed by atoms with Crippen LogP contribution in [0, 0.1) is 0 Å². The number of nitrogens with zero attached hydrogens (tertiary/aromatic N) is 2. The Hall–Kier alpha value is -4.44. The maximum absolute atomic E-state index is 14.0. The number of hydrogen-bond donors (Lipinski definition) is 4. The largest absolute Gasteiger partial charge is 0.418 e. The first-order valence-electron chi connectivity index (χ1n) is 13.0. The molecule has 1 aromatic heterocycles. The molecule has 1 fully saturated rings. The normalized spacial score (nSPS) is 14.2. The summed E-state index contributed by atoms with van der Waals surface area (Å²) in [5.41, 5.74) is 2.57. The molecule has 0 aliphatic carbocycles. The molecule has 2 heterocycles. The molecule has 1 saturated heterocycles. The molecule has 0 spiro atoms. The molecule has 7 nitrogen and oxygen atoms in total. The number of piperidine rings is 1. The van der Waals surface area contributed by atoms with Crippen molar-refractivity contribution in [3.8, 4) is 0 Å². The summed E-state index contributed by atoms with van der Waals surface area (Å²) in [6.45, 7) is 1.53. The molecule has 10 heteroatoms. The highest BCUT2D eigenvalue weighted by Crippen LogP contribution is 2.38. The lowest BCUT2D eigenvalue weighted by Crippen LogP contribution is -2.35. The number of nitrogens with one attached hydrogen (secondary N) is 3. The second-order valence-electron chi connectivity index (χ2n) is 9.81. The first kappa shape index (κ1) is 27.1. The summed E-state index contributed by atoms with van der Waals surface area (Å²) in [6, 6.07) is 21.5. The van der Waals surface area contributed by atoms with Crippen molar-refractivity contribution in [3.63, 3.8) is 0 Å². The number of halogens is 3. The van der Waals surface area contributed by atoms with Crippen molar-refractivity contribution in [1.29, 1.82) is 0 Å². The topological polar surface area (TPSA) is 81.6 Å². The van der Waals surface area contributed by atoms with Crippen LogP contribution in [0.3, 0.4) is 0 Å². The van der Waals surface area contributed by atoms with E-state index in [1.165, 1.54) is 6.07 Å². The van der Waals surface area contributed by atoms with Crippen LogP contribution in [0.25, 0.3) is 0 Å². The van der Waals surface area contributed by atoms with E-state index >= 15 is 0 Å². The van der Waals surface area contributed by atoms with Crippen molar-refractivity contribution < 1.29 is 23.1 Å². The molecule has 1 amide bonds. The van der Waals surface area contributed by atoms with E-state index in [1.807, 2.05) is 24.3 Å². The number of aliphatic hydroxyl groups is 1. The summed E-state index contributed by atoms with van der Waals surface area (Å²) >= 11 is 0. The van der Waals surface area contributed by atoms with Crippen molar-refractivity contribution in [3.05, 3.63) is 96.3 Å². The Kier molecular flexibility index (Phi) is 7.70. The Morgan fingerprint density at radius 2 is 1.45 bits per heavy atom. The lowest BCUT2D eigenvalue weighted by atomic mass is 10.1. The monoisotopic (exact) mass is 549 g/mol. The van der Waals surface area contributed by atoms with E-state index < -0.39 is 11.7 Å². The number of anilines is 6. The molecule has 1 aliphatic heterocycles. The number of aliphatic hydroxyl groups excluding tert-OH is 1. The van der Waals surface area contributed by atoms with E-state index in [0.29, 0.717) is 28.4 Å². The van der Waals surface area contributed by atoms with Crippen molar-refractivity contribution in [1.82, 2.24) is 4.57 Å². The number of alkyl halides is 3. The number of carbonyl (C=O) groups is 1. The van der Waals surface area contributed by atoms with Gasteiger partial charge in [0, 0.05) is 54.8 Å². The minimum Gasteiger partial charge on any atom is -0.393 e. The van der Waals surface area contributed by atoms with Gasteiger partial charge in [0.25, 0.3) is 5.91 Å². The zero-order valence-electron chi connectivity index (χ0n) is 21.9. The minimum atomic E-state index is -4.58. The predicted octanol–water partition coefficient (Wildman–Crippen LogP) is 6.74. The molecule has 5 rings (SSSR count). The number of hydrogen-bond acceptors (Lipinski definition) is 5. The van der Waals surface area contributed by atoms with Crippen molar-refractivity contribution >= 4 is 40.0 Å². The van der Waals surface area contributed by atoms with Gasteiger partial charge in [0.1, 0.15) is 5.69 Å². The van der Waals surface area contributed by atoms with Crippen LogP contribution < -0.4 is 20.9 Å². The van der Waals surface area contributed by atoms with E-state index in [0.717, 1.165) is 37.7 Å². The number of amides is 1. The Morgan fingerprint density at radius 1 is 0.850 bits per heavy atom. The average molecular weight is 550 g/mol. The fraction of sp³-hybridized carbons (Fsp3) is 0.233. The summed E-state index contributed by atoms with van der Waals surface area (Å²) in [4.78, 5) is 14.6. The fourth-order valence-corrected chi connectivity index (χ4v) is 4.70. The minimum absolute atomic E-state index is 0.0821. The number of carbonyl (C=O) groups excluding carboxylic acids is 1. The van der Waals surface area contributed by atoms with Gasteiger partial charge in [-0.2, -0.15) is 13.2 Å². The summed E-state index contributed by atoms with van der Waals surface area (Å²) in [5, 5.41) is 18.4. The highest BCUT2D eigenvalue weighted by molar-refractivity contribution is 6.03. The molecular formula is C30H30F3N5O2. The van der Waals surface area contributed by atoms with Gasteiger partial charge in [0.05, 0.1) is 17.4 Å². The maximum Gasteiger partial charge on any atom is 0.418 e. The third-order valence-electron chi connectivity index (χ3n) is 6.91. The maximum atomic E-state index is 14.0. The first-order valence-corrected chi connectivity index (χ1v) is 13.0. The standard InChI is InChI=1S/C30H30F3N5O2/c1-37-16-2-3-28(37)29(40)36-22-6-4-21(5-7-22)35-27-13-10-23(19-26(27)30(31,32)33)34-20-8-11-24(12-9-20)38-17-14-25(39)15-18-38/h2-13,16,19,25,34-35,39H,14-15,17-18H2,1H3,(H,36,40). The van der Waals surface area contributed by atoms with Crippen LogP contribution in [0.4, 0.5) is 47.3 Å². The molecule has 0 bridgehead atoms. The van der Waals surface area contributed by atoms with Crippen LogP contribution in [-0.2, 0) is 13.2 Å². The molecule has 4 N–H and O–H groups in total. The van der Waals surface area contributed by atoms with E-state index in [1.54, 1.807) is 60.3 Å². The van der Waals surface area contributed by atoms with E-state index in [4.69, 9.17) is 0 Å². The zero-order valence-corrected chi connectivity index (χ0v) is 21.9. The fourth-order valence-electron chi connectivity index (χ4n) is 4.70. The van der Waals surface area contributed by atoms with Gasteiger partial charge >= 0.3 is 6.18 Å². The zero-order chi connectivity index (χ0) is 28.3. The quantitative estimate of drug-likeness (QED) is 0.205. The molecule has 0 atom stereocenters. The number of rotatable bonds is 7. The van der Waals surface area contributed by atoms with Crippen molar-refractivity contribution in [2.45, 2.75) is 25.1 Å². The summed E-state index contributed by atoms with van der Waals surface area (Å²) in [5.74, 6) is -0.281. The number of aryl methyl sites for hydroxylation is 1. The van der Waals surface area contributed by atoms with Gasteiger partial charge in [-0.15, -0.1) is 0 Å². The summed E-state index contributed by atoms with van der Waals surface area (Å²) in [7, 11) is 1.76. The Bertz CT molecular complexity index is 1460. The van der Waals surface area contributed by atoms with Crippen molar-refractivity contribution in [2.24, 2.45) is 7.05 Å².